The van der Waals surface area contributed by atoms with Crippen LogP contribution in [-0.2, 0) is 30.3 Å². The topological polar surface area (TPSA) is 102 Å². The van der Waals surface area contributed by atoms with Gasteiger partial charge in [0, 0.05) is 47.7 Å². The lowest BCUT2D eigenvalue weighted by Gasteiger charge is -2.31. The van der Waals surface area contributed by atoms with Gasteiger partial charge < -0.3 is 10.1 Å². The number of ketones is 4. The molecule has 8 rings (SSSR count). The van der Waals surface area contributed by atoms with Gasteiger partial charge >= 0.3 is 0 Å². The highest BCUT2D eigenvalue weighted by atomic mass is 16.5. The standard InChI is InChI=1S/C27H34O2.C26H38N2O3.3C2H6/c1-4-21-24-16-20(14-18-8-6-7-9-18)23(15-19-12-10-17(3)11-13-19)25(24)27(29)22(5-2)26(21)28;1-4-19-23-22(25(30)20(5-2)24(19)29)21(15-16-11-13-18(31-3)14-12-16)26(28-23)27-17-9-7-6-8-10-17;3*1-2/h10-13,16,18,21-23H,4-9,14-15H2,1-3H3;11-13,17-21,26-28H,4-10,14-15H2,1-3H3;3*1-2H3. The van der Waals surface area contributed by atoms with Gasteiger partial charge in [0.05, 0.1) is 30.0 Å². The summed E-state index contributed by atoms with van der Waals surface area (Å²) < 4.78 is 5.45. The fourth-order valence-corrected chi connectivity index (χ4v) is 11.8. The molecule has 8 atom stereocenters. The maximum atomic E-state index is 13.5. The van der Waals surface area contributed by atoms with Crippen LogP contribution in [0.25, 0.3) is 0 Å². The van der Waals surface area contributed by atoms with Crippen LogP contribution in [0.3, 0.4) is 0 Å². The molecular formula is C59H90N2O5. The first kappa shape index (κ1) is 54.9. The Kier molecular flexibility index (Phi) is 22.8. The van der Waals surface area contributed by atoms with Crippen LogP contribution in [0.15, 0.2) is 82.1 Å². The minimum absolute atomic E-state index is 0.0176. The Morgan fingerprint density at radius 2 is 1.21 bits per heavy atom. The number of benzene rings is 1. The average molecular weight is 907 g/mol. The number of hydrogen-bond donors (Lipinski definition) is 2. The van der Waals surface area contributed by atoms with Gasteiger partial charge in [0.15, 0.2) is 23.1 Å². The Balaban J connectivity index is 0.000000260. The van der Waals surface area contributed by atoms with Crippen molar-refractivity contribution in [1.82, 2.24) is 10.6 Å². The summed E-state index contributed by atoms with van der Waals surface area (Å²) in [4.78, 5) is 53.0. The van der Waals surface area contributed by atoms with Gasteiger partial charge in [-0.05, 0) is 88.2 Å². The maximum Gasteiger partial charge on any atom is 0.171 e. The molecule has 7 heteroatoms. The Labute approximate surface area is 401 Å². The lowest BCUT2D eigenvalue weighted by atomic mass is 9.71. The zero-order valence-electron chi connectivity index (χ0n) is 43.5. The molecule has 0 saturated heterocycles. The van der Waals surface area contributed by atoms with Gasteiger partial charge in [0.2, 0.25) is 0 Å². The fourth-order valence-electron chi connectivity index (χ4n) is 11.8. The van der Waals surface area contributed by atoms with E-state index in [0.29, 0.717) is 18.9 Å². The first-order valence-corrected chi connectivity index (χ1v) is 26.9. The van der Waals surface area contributed by atoms with Crippen molar-refractivity contribution >= 4 is 23.1 Å². The number of ether oxygens (including phenoxy) is 1. The van der Waals surface area contributed by atoms with Crippen LogP contribution >= 0.6 is 0 Å². The van der Waals surface area contributed by atoms with E-state index in [0.717, 1.165) is 66.9 Å². The van der Waals surface area contributed by atoms with Gasteiger partial charge in [-0.2, -0.15) is 0 Å². The number of allylic oxidation sites excluding steroid dienone is 7. The summed E-state index contributed by atoms with van der Waals surface area (Å²) in [5, 5.41) is 7.51. The molecule has 1 aromatic rings. The van der Waals surface area contributed by atoms with E-state index in [4.69, 9.17) is 4.74 Å². The van der Waals surface area contributed by atoms with E-state index in [2.05, 4.69) is 80.0 Å². The number of Topliss-reactive ketones (excluding diaryl/α,β-unsaturated/α-hetero) is 4. The molecule has 1 aromatic carbocycles. The Bertz CT molecular complexity index is 1920. The van der Waals surface area contributed by atoms with Crippen LogP contribution in [-0.4, -0.2) is 48.6 Å². The van der Waals surface area contributed by atoms with Crippen molar-refractivity contribution in [2.45, 2.75) is 204 Å². The minimum atomic E-state index is -0.477. The van der Waals surface area contributed by atoms with E-state index in [1.54, 1.807) is 7.11 Å². The third-order valence-electron chi connectivity index (χ3n) is 15.2. The van der Waals surface area contributed by atoms with E-state index in [1.165, 1.54) is 80.1 Å². The minimum Gasteiger partial charge on any atom is -0.377 e. The molecule has 0 bridgehead atoms. The lowest BCUT2D eigenvalue weighted by molar-refractivity contribution is -0.135. The second kappa shape index (κ2) is 27.3. The van der Waals surface area contributed by atoms with Crippen LogP contribution in [0.4, 0.5) is 0 Å². The summed E-state index contributed by atoms with van der Waals surface area (Å²) in [7, 11) is 1.74. The fraction of sp³-hybridized carbons (Fsp3) is 0.661. The molecule has 66 heavy (non-hydrogen) atoms. The quantitative estimate of drug-likeness (QED) is 0.190. The summed E-state index contributed by atoms with van der Waals surface area (Å²) in [6.07, 6.45) is 26.9. The molecule has 6 aliphatic carbocycles. The predicted octanol–water partition coefficient (Wildman–Crippen LogP) is 13.5. The molecule has 7 aliphatic rings. The van der Waals surface area contributed by atoms with Crippen molar-refractivity contribution in [2.75, 3.05) is 7.11 Å². The first-order chi connectivity index (χ1) is 32.1. The van der Waals surface area contributed by atoms with Gasteiger partial charge in [-0.3, -0.25) is 24.5 Å². The Morgan fingerprint density at radius 3 is 1.76 bits per heavy atom. The van der Waals surface area contributed by atoms with Crippen molar-refractivity contribution in [3.63, 3.8) is 0 Å². The molecule has 7 nitrogen and oxygen atoms in total. The lowest BCUT2D eigenvalue weighted by Crippen LogP contribution is -2.49. The normalized spacial score (nSPS) is 28.4. The molecule has 2 N–H and O–H groups in total. The summed E-state index contributed by atoms with van der Waals surface area (Å²) in [6.45, 7) is 22.2. The molecule has 0 aromatic heterocycles. The molecule has 2 saturated carbocycles. The largest absolute Gasteiger partial charge is 0.377 e. The highest BCUT2D eigenvalue weighted by molar-refractivity contribution is 6.17. The molecule has 2 fully saturated rings. The molecule has 1 heterocycles. The number of carbonyl (C=O) groups is 4. The Morgan fingerprint density at radius 1 is 0.652 bits per heavy atom. The summed E-state index contributed by atoms with van der Waals surface area (Å²) in [5.74, 6) is 0.252. The highest BCUT2D eigenvalue weighted by Crippen LogP contribution is 2.48. The Hall–Kier alpha value is -3.68. The monoisotopic (exact) mass is 907 g/mol. The smallest absolute Gasteiger partial charge is 0.171 e. The van der Waals surface area contributed by atoms with E-state index in [1.807, 2.05) is 55.4 Å². The number of rotatable bonds is 13. The number of carbonyl (C=O) groups excluding carboxylic acids is 4. The van der Waals surface area contributed by atoms with Gasteiger partial charge in [-0.15, -0.1) is 0 Å². The van der Waals surface area contributed by atoms with Gasteiger partial charge in [0.25, 0.3) is 0 Å². The maximum absolute atomic E-state index is 13.5. The molecule has 1 aliphatic heterocycles. The van der Waals surface area contributed by atoms with Gasteiger partial charge in [0.1, 0.15) is 0 Å². The van der Waals surface area contributed by atoms with Gasteiger partial charge in [-0.25, -0.2) is 0 Å². The van der Waals surface area contributed by atoms with Crippen LogP contribution in [0.5, 0.6) is 0 Å². The zero-order chi connectivity index (χ0) is 48.5. The average Bonchev–Trinajstić information content (AvgIpc) is 4.09. The molecule has 8 unspecified atom stereocenters. The number of nitrogens with one attached hydrogen (secondary N) is 2. The summed E-state index contributed by atoms with van der Waals surface area (Å²) in [5.41, 5.74) is 9.09. The molecular weight excluding hydrogens is 817 g/mol. The van der Waals surface area contributed by atoms with Crippen molar-refractivity contribution in [1.29, 1.82) is 0 Å². The third kappa shape index (κ3) is 12.7. The molecule has 0 radical (unpaired) electrons. The second-order valence-corrected chi connectivity index (χ2v) is 19.0. The van der Waals surface area contributed by atoms with Crippen molar-refractivity contribution in [3.05, 3.63) is 93.3 Å². The predicted molar refractivity (Wildman–Crippen MR) is 274 cm³/mol. The number of aryl methyl sites for hydroxylation is 1. The molecule has 0 amide bonds. The van der Waals surface area contributed by atoms with E-state index < -0.39 is 11.8 Å². The van der Waals surface area contributed by atoms with E-state index in [-0.39, 0.29) is 59.1 Å². The summed E-state index contributed by atoms with van der Waals surface area (Å²) in [6, 6.07) is 9.21. The van der Waals surface area contributed by atoms with Crippen LogP contribution in [0, 0.1) is 48.3 Å². The van der Waals surface area contributed by atoms with Crippen LogP contribution in [0.1, 0.15) is 183 Å². The van der Waals surface area contributed by atoms with Crippen molar-refractivity contribution in [3.8, 4) is 0 Å². The zero-order valence-corrected chi connectivity index (χ0v) is 43.5. The highest BCUT2D eigenvalue weighted by Gasteiger charge is 2.50. The van der Waals surface area contributed by atoms with Crippen LogP contribution in [0.2, 0.25) is 0 Å². The van der Waals surface area contributed by atoms with E-state index in [9.17, 15) is 19.2 Å². The number of hydrogen-bond acceptors (Lipinski definition) is 7. The summed E-state index contributed by atoms with van der Waals surface area (Å²) >= 11 is 0. The van der Waals surface area contributed by atoms with Crippen molar-refractivity contribution in [2.24, 2.45) is 41.4 Å². The van der Waals surface area contributed by atoms with Crippen LogP contribution < -0.4 is 10.6 Å². The molecule has 0 spiro atoms. The second-order valence-electron chi connectivity index (χ2n) is 19.0. The third-order valence-corrected chi connectivity index (χ3v) is 15.2. The van der Waals surface area contributed by atoms with Crippen molar-refractivity contribution < 1.29 is 23.9 Å². The first-order valence-electron chi connectivity index (χ1n) is 26.9. The van der Waals surface area contributed by atoms with E-state index >= 15 is 0 Å². The number of methoxy groups -OCH3 is 1. The SMILES string of the molecule is CC.CC.CC.CCC1C(=O)C2=C(C=C(CC3CCCC3)C2Cc2ccc(C)cc2)C(CC)C1=O.CCC1C(=O)C2=C(NC(NC3CCCCC3)C2CC2=CCC(OC)C=C2)C(CC)C1=O. The van der Waals surface area contributed by atoms with Gasteiger partial charge in [-0.1, -0.05) is 179 Å². The molecule has 366 valence electrons.